The first kappa shape index (κ1) is 14.3. The van der Waals surface area contributed by atoms with Crippen LogP contribution in [0.5, 0.6) is 0 Å². The summed E-state index contributed by atoms with van der Waals surface area (Å²) in [6.45, 7) is 2.40. The monoisotopic (exact) mass is 277 g/mol. The number of halogens is 1. The van der Waals surface area contributed by atoms with Gasteiger partial charge in [0, 0.05) is 0 Å². The molecule has 0 saturated carbocycles. The Kier molecular flexibility index (Phi) is 4.53. The number of amides is 1. The van der Waals surface area contributed by atoms with Gasteiger partial charge in [0.15, 0.2) is 11.8 Å². The molecule has 0 radical (unpaired) electrons. The van der Waals surface area contributed by atoms with Crippen molar-refractivity contribution in [1.82, 2.24) is 0 Å². The van der Waals surface area contributed by atoms with Crippen LogP contribution in [0.3, 0.4) is 0 Å². The molecule has 4 nitrogen and oxygen atoms in total. The predicted octanol–water partition coefficient (Wildman–Crippen LogP) is 1.46. The second-order valence-electron chi connectivity index (χ2n) is 4.79. The van der Waals surface area contributed by atoms with Crippen molar-refractivity contribution in [2.24, 2.45) is 0 Å². The van der Waals surface area contributed by atoms with Crippen LogP contribution in [0.15, 0.2) is 47.1 Å². The number of anilines is 1. The molecule has 2 aromatic rings. The Morgan fingerprint density at radius 1 is 1.35 bits per heavy atom. The number of para-hydroxylation sites is 1. The Morgan fingerprint density at radius 2 is 2.10 bits per heavy atom. The standard InChI is InChI=1S/C15H17FN2O2/c1-11(18(2)10-12-6-5-9-20-12)15(19)17-14-8-4-3-7-13(14)16/h3-9,11H,10H2,1-2H3,(H,17,19)/p+1/t11-/m1/s1. The summed E-state index contributed by atoms with van der Waals surface area (Å²) in [7, 11) is 1.90. The van der Waals surface area contributed by atoms with Gasteiger partial charge in [-0.05, 0) is 31.2 Å². The molecule has 20 heavy (non-hydrogen) atoms. The van der Waals surface area contributed by atoms with Gasteiger partial charge in [0.05, 0.1) is 19.0 Å². The van der Waals surface area contributed by atoms with Crippen LogP contribution in [-0.4, -0.2) is 19.0 Å². The van der Waals surface area contributed by atoms with Crippen LogP contribution in [-0.2, 0) is 11.3 Å². The minimum absolute atomic E-state index is 0.204. The molecule has 0 spiro atoms. The van der Waals surface area contributed by atoms with Crippen LogP contribution in [0, 0.1) is 5.82 Å². The Balaban J connectivity index is 1.96. The highest BCUT2D eigenvalue weighted by molar-refractivity contribution is 5.93. The molecule has 2 atom stereocenters. The summed E-state index contributed by atoms with van der Waals surface area (Å²) in [5.41, 5.74) is 0.204. The first-order valence-corrected chi connectivity index (χ1v) is 6.48. The third kappa shape index (κ3) is 3.45. The largest absolute Gasteiger partial charge is 0.463 e. The number of hydrogen-bond acceptors (Lipinski definition) is 2. The first-order valence-electron chi connectivity index (χ1n) is 6.48. The summed E-state index contributed by atoms with van der Waals surface area (Å²) in [5, 5.41) is 2.61. The quantitative estimate of drug-likeness (QED) is 0.869. The zero-order valence-corrected chi connectivity index (χ0v) is 11.5. The molecule has 1 aromatic carbocycles. The molecular formula is C15H18FN2O2+. The molecule has 1 aromatic heterocycles. The van der Waals surface area contributed by atoms with Crippen molar-refractivity contribution < 1.29 is 18.5 Å². The smallest absolute Gasteiger partial charge is 0.282 e. The maximum absolute atomic E-state index is 13.5. The van der Waals surface area contributed by atoms with E-state index in [1.165, 1.54) is 6.07 Å². The lowest BCUT2D eigenvalue weighted by Gasteiger charge is -2.20. The van der Waals surface area contributed by atoms with Crippen molar-refractivity contribution in [3.8, 4) is 0 Å². The summed E-state index contributed by atoms with van der Waals surface area (Å²) in [5.74, 6) is 0.156. The van der Waals surface area contributed by atoms with Crippen molar-refractivity contribution in [2.75, 3.05) is 12.4 Å². The van der Waals surface area contributed by atoms with Crippen molar-refractivity contribution in [3.05, 3.63) is 54.2 Å². The van der Waals surface area contributed by atoms with Crippen LogP contribution in [0.25, 0.3) is 0 Å². The molecule has 0 saturated heterocycles. The van der Waals surface area contributed by atoms with Gasteiger partial charge in [-0.25, -0.2) is 4.39 Å². The minimum Gasteiger partial charge on any atom is -0.463 e. The third-order valence-electron chi connectivity index (χ3n) is 3.30. The van der Waals surface area contributed by atoms with E-state index in [1.54, 1.807) is 31.4 Å². The maximum Gasteiger partial charge on any atom is 0.282 e. The molecule has 0 aliphatic heterocycles. The molecule has 2 N–H and O–H groups in total. The van der Waals surface area contributed by atoms with E-state index in [4.69, 9.17) is 4.42 Å². The fourth-order valence-electron chi connectivity index (χ4n) is 1.87. The second-order valence-corrected chi connectivity index (χ2v) is 4.79. The van der Waals surface area contributed by atoms with Gasteiger partial charge in [-0.2, -0.15) is 0 Å². The summed E-state index contributed by atoms with van der Waals surface area (Å²) < 4.78 is 18.7. The number of carbonyl (C=O) groups is 1. The Labute approximate surface area is 117 Å². The highest BCUT2D eigenvalue weighted by Crippen LogP contribution is 2.12. The number of quaternary nitrogens is 1. The number of rotatable bonds is 5. The van der Waals surface area contributed by atoms with Gasteiger partial charge >= 0.3 is 0 Å². The lowest BCUT2D eigenvalue weighted by molar-refractivity contribution is -0.908. The van der Waals surface area contributed by atoms with E-state index < -0.39 is 5.82 Å². The zero-order chi connectivity index (χ0) is 14.5. The number of furan rings is 1. The molecule has 106 valence electrons. The van der Waals surface area contributed by atoms with E-state index in [1.807, 2.05) is 19.2 Å². The van der Waals surface area contributed by atoms with E-state index >= 15 is 0 Å². The molecule has 5 heteroatoms. The summed E-state index contributed by atoms with van der Waals surface area (Å²) in [6.07, 6.45) is 1.60. The highest BCUT2D eigenvalue weighted by Gasteiger charge is 2.23. The third-order valence-corrected chi connectivity index (χ3v) is 3.30. The summed E-state index contributed by atoms with van der Waals surface area (Å²) >= 11 is 0. The predicted molar refractivity (Wildman–Crippen MR) is 73.8 cm³/mol. The van der Waals surface area contributed by atoms with E-state index in [-0.39, 0.29) is 17.6 Å². The molecule has 0 aliphatic rings. The molecule has 0 fully saturated rings. The van der Waals surface area contributed by atoms with Crippen molar-refractivity contribution in [3.63, 3.8) is 0 Å². The molecular weight excluding hydrogens is 259 g/mol. The lowest BCUT2D eigenvalue weighted by atomic mass is 10.2. The normalized spacial score (nSPS) is 13.8. The number of likely N-dealkylation sites (N-methyl/N-ethyl adjacent to an activating group) is 1. The molecule has 1 amide bonds. The van der Waals surface area contributed by atoms with Gasteiger partial charge in [-0.1, -0.05) is 12.1 Å². The van der Waals surface area contributed by atoms with Gasteiger partial charge in [-0.3, -0.25) is 4.79 Å². The van der Waals surface area contributed by atoms with E-state index in [9.17, 15) is 9.18 Å². The van der Waals surface area contributed by atoms with Crippen LogP contribution in [0.4, 0.5) is 10.1 Å². The lowest BCUT2D eigenvalue weighted by Crippen LogP contribution is -3.12. The Bertz CT molecular complexity index is 569. The average Bonchev–Trinajstić information content (AvgIpc) is 2.93. The summed E-state index contributed by atoms with van der Waals surface area (Å²) in [4.78, 5) is 13.1. The minimum atomic E-state index is -0.434. The van der Waals surface area contributed by atoms with Gasteiger partial charge in [0.1, 0.15) is 12.4 Å². The Hall–Kier alpha value is -2.14. The molecule has 1 unspecified atom stereocenters. The van der Waals surface area contributed by atoms with Crippen LogP contribution < -0.4 is 10.2 Å². The van der Waals surface area contributed by atoms with Gasteiger partial charge in [0.2, 0.25) is 0 Å². The molecule has 1 heterocycles. The fourth-order valence-corrected chi connectivity index (χ4v) is 1.87. The van der Waals surface area contributed by atoms with Gasteiger partial charge in [0.25, 0.3) is 5.91 Å². The fraction of sp³-hybridized carbons (Fsp3) is 0.267. The van der Waals surface area contributed by atoms with Crippen LogP contribution >= 0.6 is 0 Å². The van der Waals surface area contributed by atoms with E-state index in [2.05, 4.69) is 5.32 Å². The van der Waals surface area contributed by atoms with Gasteiger partial charge in [-0.15, -0.1) is 0 Å². The maximum atomic E-state index is 13.5. The number of nitrogens with one attached hydrogen (secondary N) is 2. The number of hydrogen-bond donors (Lipinski definition) is 2. The average molecular weight is 277 g/mol. The molecule has 0 aliphatic carbocycles. The van der Waals surface area contributed by atoms with E-state index in [0.717, 1.165) is 10.7 Å². The molecule has 0 bridgehead atoms. The van der Waals surface area contributed by atoms with Gasteiger partial charge < -0.3 is 14.6 Å². The zero-order valence-electron chi connectivity index (χ0n) is 11.5. The molecule has 2 rings (SSSR count). The summed E-state index contributed by atoms with van der Waals surface area (Å²) in [6, 6.07) is 9.49. The topological polar surface area (TPSA) is 46.7 Å². The van der Waals surface area contributed by atoms with Crippen LogP contribution in [0.1, 0.15) is 12.7 Å². The van der Waals surface area contributed by atoms with Crippen molar-refractivity contribution in [1.29, 1.82) is 0 Å². The van der Waals surface area contributed by atoms with Crippen molar-refractivity contribution >= 4 is 11.6 Å². The number of carbonyl (C=O) groups excluding carboxylic acids is 1. The Morgan fingerprint density at radius 3 is 2.75 bits per heavy atom. The first-order chi connectivity index (χ1) is 9.58. The van der Waals surface area contributed by atoms with Crippen molar-refractivity contribution in [2.45, 2.75) is 19.5 Å². The highest BCUT2D eigenvalue weighted by atomic mass is 19.1. The second kappa shape index (κ2) is 6.34. The number of benzene rings is 1. The van der Waals surface area contributed by atoms with E-state index in [0.29, 0.717) is 6.54 Å². The SMILES string of the molecule is C[C@H](C(=O)Nc1ccccc1F)[NH+](C)Cc1ccco1. The van der Waals surface area contributed by atoms with Crippen LogP contribution in [0.2, 0.25) is 0 Å².